The van der Waals surface area contributed by atoms with Crippen molar-refractivity contribution in [2.45, 2.75) is 20.0 Å². The summed E-state index contributed by atoms with van der Waals surface area (Å²) >= 11 is 6.16. The van der Waals surface area contributed by atoms with Gasteiger partial charge in [-0.3, -0.25) is 9.59 Å². The summed E-state index contributed by atoms with van der Waals surface area (Å²) in [6, 6.07) is 13.3. The summed E-state index contributed by atoms with van der Waals surface area (Å²) in [7, 11) is 0. The second kappa shape index (κ2) is 7.40. The van der Waals surface area contributed by atoms with Gasteiger partial charge in [0, 0.05) is 10.6 Å². The van der Waals surface area contributed by atoms with Crippen molar-refractivity contribution in [3.05, 3.63) is 76.3 Å². The molecular weight excluding hydrogens is 400 g/mol. The number of hydrogen-bond donors (Lipinski definition) is 0. The summed E-state index contributed by atoms with van der Waals surface area (Å²) in [6.45, 7) is 2.43. The van der Waals surface area contributed by atoms with E-state index in [0.717, 1.165) is 22.6 Å². The molecule has 6 heteroatoms. The molecule has 0 unspecified atom stereocenters. The molecule has 0 spiro atoms. The third-order valence-corrected chi connectivity index (χ3v) is 6.44. The molecule has 152 valence electrons. The van der Waals surface area contributed by atoms with Gasteiger partial charge in [-0.15, -0.1) is 0 Å². The van der Waals surface area contributed by atoms with Crippen LogP contribution in [-0.2, 0) is 16.2 Å². The van der Waals surface area contributed by atoms with E-state index in [-0.39, 0.29) is 35.5 Å². The highest BCUT2D eigenvalue weighted by Gasteiger charge is 2.59. The van der Waals surface area contributed by atoms with E-state index < -0.39 is 0 Å². The number of halogens is 1. The fourth-order valence-corrected chi connectivity index (χ4v) is 5.02. The molecule has 2 bridgehead atoms. The Balaban J connectivity index is 1.36. The fourth-order valence-electron chi connectivity index (χ4n) is 4.83. The van der Waals surface area contributed by atoms with Crippen molar-refractivity contribution in [2.24, 2.45) is 28.8 Å². The van der Waals surface area contributed by atoms with Gasteiger partial charge in [0.2, 0.25) is 0 Å². The number of amides is 2. The molecule has 1 saturated heterocycles. The predicted molar refractivity (Wildman–Crippen MR) is 114 cm³/mol. The fraction of sp³-hybridized carbons (Fsp3) is 0.292. The molecule has 0 N–H and O–H groups in total. The highest BCUT2D eigenvalue weighted by molar-refractivity contribution is 6.31. The Morgan fingerprint density at radius 3 is 2.53 bits per heavy atom. The maximum atomic E-state index is 12.8. The van der Waals surface area contributed by atoms with Gasteiger partial charge in [0.05, 0.1) is 18.1 Å². The number of allylic oxidation sites excluding steroid dienone is 2. The average molecular weight is 421 g/mol. The Labute approximate surface area is 180 Å². The maximum Gasteiger partial charge on any atom is 0.254 e. The van der Waals surface area contributed by atoms with Crippen molar-refractivity contribution in [3.63, 3.8) is 0 Å². The summed E-state index contributed by atoms with van der Waals surface area (Å²) < 4.78 is 5.97. The number of aryl methyl sites for hydroxylation is 1. The van der Waals surface area contributed by atoms with Gasteiger partial charge in [0.25, 0.3) is 11.8 Å². The summed E-state index contributed by atoms with van der Waals surface area (Å²) in [5.74, 6) is -0.0235. The first kappa shape index (κ1) is 19.1. The van der Waals surface area contributed by atoms with Crippen LogP contribution < -0.4 is 4.74 Å². The Kier molecular flexibility index (Phi) is 4.70. The maximum absolute atomic E-state index is 12.8. The van der Waals surface area contributed by atoms with E-state index in [9.17, 15) is 9.59 Å². The number of benzene rings is 2. The highest BCUT2D eigenvalue weighted by Crippen LogP contribution is 2.52. The molecule has 1 heterocycles. The first-order valence-corrected chi connectivity index (χ1v) is 10.5. The molecule has 5 rings (SSSR count). The summed E-state index contributed by atoms with van der Waals surface area (Å²) in [5.41, 5.74) is 2.83. The van der Waals surface area contributed by atoms with E-state index in [2.05, 4.69) is 23.3 Å². The molecule has 2 amide bonds. The largest absolute Gasteiger partial charge is 0.488 e. The Bertz CT molecular complexity index is 1060. The first-order valence-electron chi connectivity index (χ1n) is 10.1. The molecule has 1 aliphatic heterocycles. The van der Waals surface area contributed by atoms with Crippen molar-refractivity contribution < 1.29 is 14.3 Å². The van der Waals surface area contributed by atoms with Gasteiger partial charge in [-0.2, -0.15) is 10.1 Å². The molecule has 2 fully saturated rings. The van der Waals surface area contributed by atoms with Gasteiger partial charge in [-0.05, 0) is 48.9 Å². The van der Waals surface area contributed by atoms with Crippen LogP contribution in [-0.4, -0.2) is 23.0 Å². The Hall–Kier alpha value is -2.92. The van der Waals surface area contributed by atoms with Crippen LogP contribution in [0.25, 0.3) is 0 Å². The van der Waals surface area contributed by atoms with Crippen molar-refractivity contribution in [2.75, 3.05) is 0 Å². The molecule has 4 atom stereocenters. The standard InChI is InChI=1S/C24H21ClN2O3/c1-14-3-2-4-15(9-14)13-30-20-8-7-19(25)11-18(20)12-26-27-23(28)21-16-5-6-17(10-16)22(21)24(27)29/h2-9,11-12,16-17,21-22H,10,13H2,1H3/t16-,17-,21-,22+/m0/s1. The number of carbonyl (C=O) groups excluding carboxylic acids is 2. The van der Waals surface area contributed by atoms with E-state index in [1.165, 1.54) is 6.21 Å². The van der Waals surface area contributed by atoms with Crippen molar-refractivity contribution >= 4 is 29.6 Å². The van der Waals surface area contributed by atoms with Crippen LogP contribution in [0.1, 0.15) is 23.1 Å². The van der Waals surface area contributed by atoms with Crippen molar-refractivity contribution in [3.8, 4) is 5.75 Å². The van der Waals surface area contributed by atoms with Crippen LogP contribution >= 0.6 is 11.6 Å². The average Bonchev–Trinajstić information content (AvgIpc) is 3.40. The molecule has 30 heavy (non-hydrogen) atoms. The molecule has 2 aromatic carbocycles. The minimum Gasteiger partial charge on any atom is -0.488 e. The van der Waals surface area contributed by atoms with Gasteiger partial charge in [0.15, 0.2) is 0 Å². The number of hydrogen-bond acceptors (Lipinski definition) is 4. The lowest BCUT2D eigenvalue weighted by Gasteiger charge is -2.13. The van der Waals surface area contributed by atoms with Gasteiger partial charge in [-0.1, -0.05) is 53.6 Å². The lowest BCUT2D eigenvalue weighted by Crippen LogP contribution is -2.28. The van der Waals surface area contributed by atoms with E-state index in [1.807, 2.05) is 25.1 Å². The lowest BCUT2D eigenvalue weighted by atomic mass is 9.85. The summed E-state index contributed by atoms with van der Waals surface area (Å²) in [6.07, 6.45) is 6.52. The molecule has 1 saturated carbocycles. The lowest BCUT2D eigenvalue weighted by molar-refractivity contribution is -0.140. The molecule has 5 nitrogen and oxygen atoms in total. The zero-order chi connectivity index (χ0) is 20.8. The zero-order valence-electron chi connectivity index (χ0n) is 16.5. The molecule has 0 aromatic heterocycles. The highest BCUT2D eigenvalue weighted by atomic mass is 35.5. The normalized spacial score (nSPS) is 26.8. The number of carbonyl (C=O) groups is 2. The van der Waals surface area contributed by atoms with E-state index in [1.54, 1.807) is 18.2 Å². The molecule has 3 aliphatic rings. The van der Waals surface area contributed by atoms with Crippen LogP contribution in [0.15, 0.2) is 59.7 Å². The van der Waals surface area contributed by atoms with E-state index in [0.29, 0.717) is 22.9 Å². The first-order chi connectivity index (χ1) is 14.5. The molecule has 0 radical (unpaired) electrons. The van der Waals surface area contributed by atoms with Gasteiger partial charge in [0.1, 0.15) is 12.4 Å². The van der Waals surface area contributed by atoms with Crippen LogP contribution in [0.2, 0.25) is 5.02 Å². The Morgan fingerprint density at radius 2 is 1.83 bits per heavy atom. The van der Waals surface area contributed by atoms with Crippen molar-refractivity contribution in [1.29, 1.82) is 0 Å². The zero-order valence-corrected chi connectivity index (χ0v) is 17.3. The van der Waals surface area contributed by atoms with Gasteiger partial charge in [-0.25, -0.2) is 0 Å². The van der Waals surface area contributed by atoms with Crippen LogP contribution in [0, 0.1) is 30.6 Å². The second-order valence-corrected chi connectivity index (χ2v) is 8.63. The number of hydrazone groups is 1. The molecule has 2 aliphatic carbocycles. The minimum atomic E-state index is -0.263. The molecule has 2 aromatic rings. The van der Waals surface area contributed by atoms with Crippen LogP contribution in [0.4, 0.5) is 0 Å². The number of fused-ring (bicyclic) bond motifs is 5. The number of ether oxygens (including phenoxy) is 1. The third-order valence-electron chi connectivity index (χ3n) is 6.21. The van der Waals surface area contributed by atoms with Crippen LogP contribution in [0.5, 0.6) is 5.75 Å². The Morgan fingerprint density at radius 1 is 1.10 bits per heavy atom. The van der Waals surface area contributed by atoms with Crippen LogP contribution in [0.3, 0.4) is 0 Å². The van der Waals surface area contributed by atoms with Gasteiger partial charge < -0.3 is 4.74 Å². The molecular formula is C24H21ClN2O3. The van der Waals surface area contributed by atoms with Gasteiger partial charge >= 0.3 is 0 Å². The summed E-state index contributed by atoms with van der Waals surface area (Å²) in [4.78, 5) is 25.6. The minimum absolute atomic E-state index is 0.163. The quantitative estimate of drug-likeness (QED) is 0.410. The van der Waals surface area contributed by atoms with E-state index >= 15 is 0 Å². The van der Waals surface area contributed by atoms with Crippen molar-refractivity contribution in [1.82, 2.24) is 5.01 Å². The predicted octanol–water partition coefficient (Wildman–Crippen LogP) is 4.37. The van der Waals surface area contributed by atoms with E-state index in [4.69, 9.17) is 16.3 Å². The summed E-state index contributed by atoms with van der Waals surface area (Å²) in [5, 5.41) is 5.81. The number of rotatable bonds is 5. The number of imide groups is 1. The topological polar surface area (TPSA) is 59.0 Å². The third kappa shape index (κ3) is 3.23. The number of nitrogens with zero attached hydrogens (tertiary/aromatic N) is 2. The SMILES string of the molecule is Cc1cccc(COc2ccc(Cl)cc2C=NN2C(=O)[C@@H]3[C@H](C2=O)[C@H]2C=C[C@H]3C2)c1. The second-order valence-electron chi connectivity index (χ2n) is 8.19. The monoisotopic (exact) mass is 420 g/mol. The smallest absolute Gasteiger partial charge is 0.254 e.